The topological polar surface area (TPSA) is 62.8 Å². The Hall–Kier alpha value is -1.57. The van der Waals surface area contributed by atoms with E-state index < -0.39 is 9.84 Å². The van der Waals surface area contributed by atoms with Crippen LogP contribution in [0.25, 0.3) is 11.3 Å². The lowest BCUT2D eigenvalue weighted by molar-refractivity contribution is 0.595. The van der Waals surface area contributed by atoms with Crippen molar-refractivity contribution < 1.29 is 8.42 Å². The number of benzene rings is 1. The van der Waals surface area contributed by atoms with Crippen molar-refractivity contribution in [2.45, 2.75) is 27.8 Å². The van der Waals surface area contributed by atoms with E-state index in [1.54, 1.807) is 24.3 Å². The third-order valence-electron chi connectivity index (χ3n) is 3.49. The molecule has 3 aromatic rings. The van der Waals surface area contributed by atoms with Gasteiger partial charge in [0.15, 0.2) is 0 Å². The Kier molecular flexibility index (Phi) is 4.35. The molecule has 0 bridgehead atoms. The van der Waals surface area contributed by atoms with E-state index in [4.69, 9.17) is 0 Å². The lowest BCUT2D eigenvalue weighted by atomic mass is 10.1. The number of rotatable bonds is 4. The van der Waals surface area contributed by atoms with Gasteiger partial charge >= 0.3 is 0 Å². The summed E-state index contributed by atoms with van der Waals surface area (Å²) in [6, 6.07) is 8.64. The van der Waals surface area contributed by atoms with Crippen LogP contribution in [0.4, 0.5) is 0 Å². The molecule has 7 heteroatoms. The third-order valence-corrected chi connectivity index (χ3v) is 7.63. The Morgan fingerprint density at radius 3 is 2.65 bits per heavy atom. The monoisotopic (exact) mass is 364 g/mol. The first kappa shape index (κ1) is 16.3. The van der Waals surface area contributed by atoms with Crippen LogP contribution < -0.4 is 0 Å². The summed E-state index contributed by atoms with van der Waals surface area (Å²) in [7, 11) is -3.52. The maximum Gasteiger partial charge on any atom is 0.208 e. The van der Waals surface area contributed by atoms with Crippen molar-refractivity contribution in [1.29, 1.82) is 0 Å². The molecule has 0 amide bonds. The molecule has 1 aromatic carbocycles. The van der Waals surface area contributed by atoms with Crippen molar-refractivity contribution in [2.24, 2.45) is 0 Å². The van der Waals surface area contributed by atoms with Gasteiger partial charge in [0.25, 0.3) is 0 Å². The standard InChI is InChI=1S/C16H16N2O2S3/c1-10-15(18-11(2)17-10)12-5-4-6-13(9-12)23(19,20)14-7-8-22-16(14)21-3/h4-9H,1-3H3,(H,17,18). The van der Waals surface area contributed by atoms with Gasteiger partial charge < -0.3 is 4.98 Å². The molecule has 120 valence electrons. The van der Waals surface area contributed by atoms with Gasteiger partial charge in [0.2, 0.25) is 9.84 Å². The van der Waals surface area contributed by atoms with Gasteiger partial charge in [-0.25, -0.2) is 13.4 Å². The fourth-order valence-corrected chi connectivity index (χ4v) is 6.19. The first-order valence-corrected chi connectivity index (χ1v) is 10.5. The van der Waals surface area contributed by atoms with Gasteiger partial charge in [0.05, 0.1) is 19.7 Å². The molecule has 3 rings (SSSR count). The van der Waals surface area contributed by atoms with E-state index in [2.05, 4.69) is 9.97 Å². The molecule has 0 aliphatic heterocycles. The zero-order valence-corrected chi connectivity index (χ0v) is 15.4. The Morgan fingerprint density at radius 1 is 1.22 bits per heavy atom. The molecule has 0 atom stereocenters. The summed E-state index contributed by atoms with van der Waals surface area (Å²) in [5.41, 5.74) is 2.51. The predicted molar refractivity (Wildman–Crippen MR) is 95.0 cm³/mol. The second-order valence-electron chi connectivity index (χ2n) is 5.10. The zero-order chi connectivity index (χ0) is 16.6. The van der Waals surface area contributed by atoms with Gasteiger partial charge in [0.1, 0.15) is 5.82 Å². The molecule has 0 fully saturated rings. The Balaban J connectivity index is 2.11. The number of aromatic amines is 1. The van der Waals surface area contributed by atoms with Gasteiger partial charge in [0, 0.05) is 11.3 Å². The molecule has 0 saturated heterocycles. The van der Waals surface area contributed by atoms with Crippen molar-refractivity contribution in [2.75, 3.05) is 6.26 Å². The van der Waals surface area contributed by atoms with Crippen LogP contribution in [0.3, 0.4) is 0 Å². The van der Waals surface area contributed by atoms with Gasteiger partial charge in [-0.05, 0) is 43.7 Å². The smallest absolute Gasteiger partial charge is 0.208 e. The van der Waals surface area contributed by atoms with E-state index in [1.165, 1.54) is 23.1 Å². The lowest BCUT2D eigenvalue weighted by Crippen LogP contribution is -2.02. The zero-order valence-electron chi connectivity index (χ0n) is 13.0. The number of thioether (sulfide) groups is 1. The third kappa shape index (κ3) is 2.96. The minimum Gasteiger partial charge on any atom is -0.346 e. The summed E-state index contributed by atoms with van der Waals surface area (Å²) in [6.07, 6.45) is 1.89. The van der Waals surface area contributed by atoms with Crippen LogP contribution in [0.5, 0.6) is 0 Å². The number of thiophene rings is 1. The average Bonchev–Trinajstić information content (AvgIpc) is 3.13. The fourth-order valence-electron chi connectivity index (χ4n) is 2.46. The average molecular weight is 365 g/mol. The predicted octanol–water partition coefficient (Wildman–Crippen LogP) is 4.31. The Bertz CT molecular complexity index is 955. The number of sulfone groups is 1. The lowest BCUT2D eigenvalue weighted by Gasteiger charge is -2.07. The highest BCUT2D eigenvalue weighted by molar-refractivity contribution is 8.01. The van der Waals surface area contributed by atoms with Gasteiger partial charge in [-0.1, -0.05) is 12.1 Å². The van der Waals surface area contributed by atoms with E-state index in [1.807, 2.05) is 31.5 Å². The maximum atomic E-state index is 12.9. The van der Waals surface area contributed by atoms with E-state index in [0.717, 1.165) is 27.0 Å². The number of hydrogen-bond acceptors (Lipinski definition) is 5. The van der Waals surface area contributed by atoms with Gasteiger partial charge in [-0.2, -0.15) is 0 Å². The molecule has 0 aliphatic carbocycles. The molecule has 0 radical (unpaired) electrons. The van der Waals surface area contributed by atoms with Crippen LogP contribution in [0.1, 0.15) is 11.5 Å². The van der Waals surface area contributed by atoms with Crippen LogP contribution in [0, 0.1) is 13.8 Å². The maximum absolute atomic E-state index is 12.9. The normalized spacial score (nSPS) is 11.8. The summed E-state index contributed by atoms with van der Waals surface area (Å²) < 4.78 is 26.6. The highest BCUT2D eigenvalue weighted by atomic mass is 32.2. The van der Waals surface area contributed by atoms with Crippen LogP contribution in [-0.2, 0) is 9.84 Å². The quantitative estimate of drug-likeness (QED) is 0.701. The van der Waals surface area contributed by atoms with E-state index in [0.29, 0.717) is 9.79 Å². The summed E-state index contributed by atoms with van der Waals surface area (Å²) in [5.74, 6) is 0.813. The summed E-state index contributed by atoms with van der Waals surface area (Å²) >= 11 is 2.90. The van der Waals surface area contributed by atoms with Gasteiger partial charge in [-0.15, -0.1) is 23.1 Å². The molecular formula is C16H16N2O2S3. The van der Waals surface area contributed by atoms with Crippen molar-refractivity contribution >= 4 is 32.9 Å². The number of aryl methyl sites for hydroxylation is 2. The van der Waals surface area contributed by atoms with E-state index >= 15 is 0 Å². The first-order chi connectivity index (χ1) is 10.9. The number of hydrogen-bond donors (Lipinski definition) is 1. The molecule has 0 unspecified atom stereocenters. The van der Waals surface area contributed by atoms with E-state index in [9.17, 15) is 8.42 Å². The number of nitrogens with zero attached hydrogens (tertiary/aromatic N) is 1. The molecule has 2 aromatic heterocycles. The number of imidazole rings is 1. The molecule has 0 spiro atoms. The van der Waals surface area contributed by atoms with Crippen LogP contribution in [-0.4, -0.2) is 24.6 Å². The number of nitrogens with one attached hydrogen (secondary N) is 1. The summed E-state index contributed by atoms with van der Waals surface area (Å²) in [6.45, 7) is 3.81. The van der Waals surface area contributed by atoms with Crippen molar-refractivity contribution in [3.8, 4) is 11.3 Å². The Labute approximate surface area is 143 Å². The highest BCUT2D eigenvalue weighted by Gasteiger charge is 2.23. The number of aromatic nitrogens is 2. The van der Waals surface area contributed by atoms with Crippen LogP contribution >= 0.6 is 23.1 Å². The number of H-pyrrole nitrogens is 1. The molecule has 4 nitrogen and oxygen atoms in total. The SMILES string of the molecule is CSc1sccc1S(=O)(=O)c1cccc(-c2nc(C)[nH]c2C)c1. The first-order valence-electron chi connectivity index (χ1n) is 6.93. The molecule has 1 N–H and O–H groups in total. The second kappa shape index (κ2) is 6.14. The molecule has 0 saturated carbocycles. The van der Waals surface area contributed by atoms with Crippen LogP contribution in [0.15, 0.2) is 49.7 Å². The molecular weight excluding hydrogens is 348 g/mol. The van der Waals surface area contributed by atoms with E-state index in [-0.39, 0.29) is 0 Å². The largest absolute Gasteiger partial charge is 0.346 e. The minimum atomic E-state index is -3.52. The van der Waals surface area contributed by atoms with Crippen molar-refractivity contribution in [3.05, 3.63) is 47.2 Å². The highest BCUT2D eigenvalue weighted by Crippen LogP contribution is 2.35. The van der Waals surface area contributed by atoms with Crippen molar-refractivity contribution in [3.63, 3.8) is 0 Å². The van der Waals surface area contributed by atoms with Gasteiger partial charge in [-0.3, -0.25) is 0 Å². The molecule has 0 aliphatic rings. The summed E-state index contributed by atoms with van der Waals surface area (Å²) in [4.78, 5) is 8.27. The Morgan fingerprint density at radius 2 is 2.00 bits per heavy atom. The van der Waals surface area contributed by atoms with Crippen LogP contribution in [0.2, 0.25) is 0 Å². The second-order valence-corrected chi connectivity index (χ2v) is 9.01. The summed E-state index contributed by atoms with van der Waals surface area (Å²) in [5, 5.41) is 1.81. The minimum absolute atomic E-state index is 0.295. The molecule has 2 heterocycles. The molecule has 23 heavy (non-hydrogen) atoms. The van der Waals surface area contributed by atoms with Crippen molar-refractivity contribution in [1.82, 2.24) is 9.97 Å². The fraction of sp³-hybridized carbons (Fsp3) is 0.188.